The Morgan fingerprint density at radius 1 is 1.09 bits per heavy atom. The fourth-order valence-corrected chi connectivity index (χ4v) is 3.11. The van der Waals surface area contributed by atoms with Crippen molar-refractivity contribution in [2.45, 2.75) is 25.7 Å². The summed E-state index contributed by atoms with van der Waals surface area (Å²) in [6.07, 6.45) is 3.99. The van der Waals surface area contributed by atoms with Gasteiger partial charge in [0.1, 0.15) is 11.6 Å². The van der Waals surface area contributed by atoms with Gasteiger partial charge in [-0.2, -0.15) is 15.0 Å². The van der Waals surface area contributed by atoms with Gasteiger partial charge in [0.25, 0.3) is 0 Å². The van der Waals surface area contributed by atoms with Crippen LogP contribution >= 0.6 is 0 Å². The Morgan fingerprint density at radius 3 is 2.70 bits per heavy atom. The van der Waals surface area contributed by atoms with Crippen LogP contribution in [0.5, 0.6) is 0 Å². The Labute approximate surface area is 133 Å². The maximum atomic E-state index is 5.72. The van der Waals surface area contributed by atoms with Crippen LogP contribution < -0.4 is 10.6 Å². The van der Waals surface area contributed by atoms with Crippen molar-refractivity contribution < 1.29 is 0 Å². The first kappa shape index (κ1) is 13.9. The van der Waals surface area contributed by atoms with Crippen LogP contribution in [-0.2, 0) is 0 Å². The van der Waals surface area contributed by atoms with Crippen molar-refractivity contribution in [3.63, 3.8) is 0 Å². The van der Waals surface area contributed by atoms with Gasteiger partial charge < -0.3 is 10.6 Å². The Bertz CT molecular complexity index is 814. The van der Waals surface area contributed by atoms with E-state index in [1.54, 1.807) is 0 Å². The maximum Gasteiger partial charge on any atom is 0.230 e. The number of pyridine rings is 1. The Hall–Kier alpha value is -2.77. The van der Waals surface area contributed by atoms with E-state index in [1.165, 1.54) is 0 Å². The standard InChI is InChI=1S/C15H18N8/c1-10-17-14(16)19-15(18-10)22-8-5-11(6-9-22)13-21-20-12-4-2-3-7-23(12)13/h2-4,7,11H,5-6,8-9H2,1H3,(H2,16,17,18,19). The summed E-state index contributed by atoms with van der Waals surface area (Å²) < 4.78 is 2.07. The van der Waals surface area contributed by atoms with Crippen molar-refractivity contribution in [1.29, 1.82) is 0 Å². The number of piperidine rings is 1. The van der Waals surface area contributed by atoms with E-state index in [-0.39, 0.29) is 5.95 Å². The molecule has 3 aromatic rings. The number of rotatable bonds is 2. The molecule has 3 aromatic heterocycles. The maximum absolute atomic E-state index is 5.72. The van der Waals surface area contributed by atoms with Gasteiger partial charge in [0, 0.05) is 25.2 Å². The average Bonchev–Trinajstić information content (AvgIpc) is 2.98. The summed E-state index contributed by atoms with van der Waals surface area (Å²) in [5, 5.41) is 8.62. The molecule has 0 spiro atoms. The van der Waals surface area contributed by atoms with Crippen molar-refractivity contribution in [2.24, 2.45) is 0 Å². The van der Waals surface area contributed by atoms with Gasteiger partial charge in [-0.15, -0.1) is 10.2 Å². The number of anilines is 2. The summed E-state index contributed by atoms with van der Waals surface area (Å²) in [5.41, 5.74) is 6.62. The molecule has 0 atom stereocenters. The zero-order valence-corrected chi connectivity index (χ0v) is 12.9. The number of nitrogen functional groups attached to an aromatic ring is 1. The van der Waals surface area contributed by atoms with Gasteiger partial charge in [-0.05, 0) is 31.9 Å². The predicted molar refractivity (Wildman–Crippen MR) is 86.2 cm³/mol. The van der Waals surface area contributed by atoms with Crippen LogP contribution in [0.2, 0.25) is 0 Å². The molecule has 4 rings (SSSR count). The quantitative estimate of drug-likeness (QED) is 0.759. The molecule has 1 aliphatic rings. The highest BCUT2D eigenvalue weighted by molar-refractivity contribution is 5.39. The first-order valence-corrected chi connectivity index (χ1v) is 7.73. The van der Waals surface area contributed by atoms with Gasteiger partial charge in [-0.25, -0.2) is 0 Å². The number of aryl methyl sites for hydroxylation is 1. The molecule has 0 unspecified atom stereocenters. The SMILES string of the molecule is Cc1nc(N)nc(N2CCC(c3nnc4ccccn34)CC2)n1. The number of nitrogens with zero attached hydrogens (tertiary/aromatic N) is 7. The van der Waals surface area contributed by atoms with Crippen LogP contribution in [0, 0.1) is 6.92 Å². The second-order valence-corrected chi connectivity index (χ2v) is 5.79. The molecule has 1 saturated heterocycles. The zero-order chi connectivity index (χ0) is 15.8. The predicted octanol–water partition coefficient (Wildman–Crippen LogP) is 1.19. The number of hydrogen-bond acceptors (Lipinski definition) is 7. The molecule has 1 aliphatic heterocycles. The van der Waals surface area contributed by atoms with Crippen LogP contribution in [0.3, 0.4) is 0 Å². The molecule has 4 heterocycles. The molecule has 8 heteroatoms. The van der Waals surface area contributed by atoms with Gasteiger partial charge in [0.2, 0.25) is 11.9 Å². The number of hydrogen-bond donors (Lipinski definition) is 1. The normalized spacial score (nSPS) is 16.1. The van der Waals surface area contributed by atoms with Crippen LogP contribution in [0.1, 0.15) is 30.4 Å². The van der Waals surface area contributed by atoms with Crippen LogP contribution in [0.4, 0.5) is 11.9 Å². The first-order chi connectivity index (χ1) is 11.2. The summed E-state index contributed by atoms with van der Waals surface area (Å²) >= 11 is 0. The molecule has 0 aliphatic carbocycles. The molecule has 2 N–H and O–H groups in total. The zero-order valence-electron chi connectivity index (χ0n) is 12.9. The fraction of sp³-hybridized carbons (Fsp3) is 0.400. The molecular formula is C15H18N8. The van der Waals surface area contributed by atoms with Crippen molar-refractivity contribution in [3.05, 3.63) is 36.0 Å². The third kappa shape index (κ3) is 2.56. The average molecular weight is 310 g/mol. The van der Waals surface area contributed by atoms with E-state index in [9.17, 15) is 0 Å². The highest BCUT2D eigenvalue weighted by Crippen LogP contribution is 2.28. The van der Waals surface area contributed by atoms with Crippen molar-refractivity contribution in [1.82, 2.24) is 29.5 Å². The Kier molecular flexibility index (Phi) is 3.29. The summed E-state index contributed by atoms with van der Waals surface area (Å²) in [6.45, 7) is 3.57. The highest BCUT2D eigenvalue weighted by atomic mass is 15.3. The second kappa shape index (κ2) is 5.45. The molecule has 0 radical (unpaired) electrons. The number of aromatic nitrogens is 6. The van der Waals surface area contributed by atoms with Crippen LogP contribution in [-0.4, -0.2) is 42.6 Å². The van der Waals surface area contributed by atoms with E-state index in [1.807, 2.05) is 31.3 Å². The lowest BCUT2D eigenvalue weighted by molar-refractivity contribution is 0.477. The molecule has 1 fully saturated rings. The molecular weight excluding hydrogens is 292 g/mol. The van der Waals surface area contributed by atoms with Gasteiger partial charge >= 0.3 is 0 Å². The second-order valence-electron chi connectivity index (χ2n) is 5.79. The minimum atomic E-state index is 0.276. The smallest absolute Gasteiger partial charge is 0.230 e. The Balaban J connectivity index is 1.53. The monoisotopic (exact) mass is 310 g/mol. The molecule has 0 amide bonds. The van der Waals surface area contributed by atoms with Gasteiger partial charge in [-0.1, -0.05) is 6.07 Å². The van der Waals surface area contributed by atoms with Gasteiger partial charge in [0.05, 0.1) is 0 Å². The van der Waals surface area contributed by atoms with Gasteiger partial charge in [-0.3, -0.25) is 4.40 Å². The molecule has 0 aromatic carbocycles. The third-order valence-corrected chi connectivity index (χ3v) is 4.24. The van der Waals surface area contributed by atoms with E-state index in [0.29, 0.717) is 17.7 Å². The number of nitrogens with two attached hydrogens (primary N) is 1. The Morgan fingerprint density at radius 2 is 1.91 bits per heavy atom. The molecule has 23 heavy (non-hydrogen) atoms. The molecule has 118 valence electrons. The molecule has 0 saturated carbocycles. The van der Waals surface area contributed by atoms with Gasteiger partial charge in [0.15, 0.2) is 5.65 Å². The number of fused-ring (bicyclic) bond motifs is 1. The van der Waals surface area contributed by atoms with E-state index < -0.39 is 0 Å². The summed E-state index contributed by atoms with van der Waals surface area (Å²) in [7, 11) is 0. The van der Waals surface area contributed by atoms with Crippen LogP contribution in [0.25, 0.3) is 5.65 Å². The van der Waals surface area contributed by atoms with E-state index in [4.69, 9.17) is 5.73 Å². The molecule has 0 bridgehead atoms. The van der Waals surface area contributed by atoms with Crippen molar-refractivity contribution in [2.75, 3.05) is 23.7 Å². The summed E-state index contributed by atoms with van der Waals surface area (Å²) in [4.78, 5) is 14.8. The minimum absolute atomic E-state index is 0.276. The van der Waals surface area contributed by atoms with Crippen LogP contribution in [0.15, 0.2) is 24.4 Å². The van der Waals surface area contributed by atoms with Crippen molar-refractivity contribution in [3.8, 4) is 0 Å². The lowest BCUT2D eigenvalue weighted by Gasteiger charge is -2.31. The summed E-state index contributed by atoms with van der Waals surface area (Å²) in [5.74, 6) is 3.02. The third-order valence-electron chi connectivity index (χ3n) is 4.24. The minimum Gasteiger partial charge on any atom is -0.368 e. The molecule has 8 nitrogen and oxygen atoms in total. The lowest BCUT2D eigenvalue weighted by atomic mass is 9.96. The van der Waals surface area contributed by atoms with Crippen molar-refractivity contribution >= 4 is 17.5 Å². The fourth-order valence-electron chi connectivity index (χ4n) is 3.11. The largest absolute Gasteiger partial charge is 0.368 e. The van der Waals surface area contributed by atoms with E-state index in [2.05, 4.69) is 34.4 Å². The van der Waals surface area contributed by atoms with E-state index >= 15 is 0 Å². The topological polar surface area (TPSA) is 98.1 Å². The highest BCUT2D eigenvalue weighted by Gasteiger charge is 2.26. The summed E-state index contributed by atoms with van der Waals surface area (Å²) in [6, 6.07) is 5.96. The van der Waals surface area contributed by atoms with E-state index in [0.717, 1.165) is 37.4 Å². The first-order valence-electron chi connectivity index (χ1n) is 7.73. The lowest BCUT2D eigenvalue weighted by Crippen LogP contribution is -2.35.